The monoisotopic (exact) mass is 532 g/mol. The Morgan fingerprint density at radius 1 is 1.00 bits per heavy atom. The molecule has 1 amide bonds. The highest BCUT2D eigenvalue weighted by molar-refractivity contribution is 6.35. The average molecular weight is 534 g/mol. The lowest BCUT2D eigenvalue weighted by Crippen LogP contribution is -2.49. The number of rotatable bonds is 6. The van der Waals surface area contributed by atoms with Crippen LogP contribution < -0.4 is 11.1 Å². The summed E-state index contributed by atoms with van der Waals surface area (Å²) in [6.07, 6.45) is 4.80. The van der Waals surface area contributed by atoms with Crippen LogP contribution in [0.5, 0.6) is 0 Å². The van der Waals surface area contributed by atoms with Gasteiger partial charge in [0, 0.05) is 27.1 Å². The van der Waals surface area contributed by atoms with Gasteiger partial charge in [0.25, 0.3) is 5.91 Å². The average Bonchev–Trinajstić information content (AvgIpc) is 2.99. The minimum Gasteiger partial charge on any atom is -0.329 e. The molecule has 3 N–H and O–H groups in total. The van der Waals surface area contributed by atoms with Gasteiger partial charge in [0.05, 0.1) is 16.4 Å². The second-order valence-corrected chi connectivity index (χ2v) is 10.2. The molecule has 3 aromatic rings. The molecule has 1 aliphatic carbocycles. The van der Waals surface area contributed by atoms with Crippen LogP contribution in [0.2, 0.25) is 15.1 Å². The van der Waals surface area contributed by atoms with Crippen LogP contribution in [0.3, 0.4) is 0 Å². The van der Waals surface area contributed by atoms with Crippen molar-refractivity contribution < 1.29 is 9.59 Å². The van der Waals surface area contributed by atoms with E-state index in [1.165, 1.54) is 0 Å². The third-order valence-corrected chi connectivity index (χ3v) is 7.23. The smallest absolute Gasteiger partial charge is 0.273 e. The molecule has 1 atom stereocenters. The highest BCUT2D eigenvalue weighted by atomic mass is 35.5. The second kappa shape index (κ2) is 11.1. The van der Waals surface area contributed by atoms with Crippen LogP contribution in [0.1, 0.15) is 54.6 Å². The van der Waals surface area contributed by atoms with Crippen LogP contribution in [-0.2, 0) is 4.79 Å². The number of benzene rings is 2. The summed E-state index contributed by atoms with van der Waals surface area (Å²) in [5.41, 5.74) is 8.94. The number of Topliss-reactive ketones (excluding diaryl/α,β-unsaturated/α-hetero) is 1. The molecule has 1 aliphatic rings. The fourth-order valence-corrected chi connectivity index (χ4v) is 5.20. The summed E-state index contributed by atoms with van der Waals surface area (Å²) in [5, 5.41) is 8.70. The first kappa shape index (κ1) is 25.7. The Kier molecular flexibility index (Phi) is 8.17. The van der Waals surface area contributed by atoms with Crippen LogP contribution in [0.25, 0.3) is 16.9 Å². The number of nitrogens with two attached hydrogens (primary N) is 1. The first-order valence-electron chi connectivity index (χ1n) is 11.7. The van der Waals surface area contributed by atoms with Crippen molar-refractivity contribution in [1.29, 1.82) is 0 Å². The van der Waals surface area contributed by atoms with Crippen molar-refractivity contribution in [2.24, 2.45) is 11.7 Å². The standard InChI is InChI=1S/C26H27Cl3N4O2/c1-15-22(26(35)31-25(30)24(34)17-6-4-2-3-5-7-17)32-33(21-13-12-19(28)14-20(21)29)23(15)16-8-10-18(27)11-9-16/h8-14,17,25H,2-7,30H2,1H3,(H,31,35). The number of hydrogen-bond acceptors (Lipinski definition) is 4. The number of nitrogens with zero attached hydrogens (tertiary/aromatic N) is 2. The summed E-state index contributed by atoms with van der Waals surface area (Å²) < 4.78 is 1.60. The van der Waals surface area contributed by atoms with Crippen LogP contribution in [0.4, 0.5) is 0 Å². The van der Waals surface area contributed by atoms with Gasteiger partial charge in [0.1, 0.15) is 6.17 Å². The summed E-state index contributed by atoms with van der Waals surface area (Å²) in [6, 6.07) is 12.3. The number of carbonyl (C=O) groups is 2. The molecule has 1 unspecified atom stereocenters. The van der Waals surface area contributed by atoms with E-state index in [1.54, 1.807) is 41.9 Å². The lowest BCUT2D eigenvalue weighted by molar-refractivity contribution is -0.125. The van der Waals surface area contributed by atoms with Gasteiger partial charge in [-0.15, -0.1) is 0 Å². The molecular formula is C26H27Cl3N4O2. The maximum atomic E-state index is 13.3. The van der Waals surface area contributed by atoms with Gasteiger partial charge in [0.2, 0.25) is 0 Å². The van der Waals surface area contributed by atoms with Crippen molar-refractivity contribution >= 4 is 46.5 Å². The van der Waals surface area contributed by atoms with E-state index in [2.05, 4.69) is 10.4 Å². The Morgan fingerprint density at radius 2 is 1.63 bits per heavy atom. The second-order valence-electron chi connectivity index (χ2n) is 8.88. The van der Waals surface area contributed by atoms with E-state index < -0.39 is 12.1 Å². The number of ketones is 1. The van der Waals surface area contributed by atoms with Crippen LogP contribution in [0, 0.1) is 12.8 Å². The van der Waals surface area contributed by atoms with E-state index in [4.69, 9.17) is 40.5 Å². The molecule has 0 bridgehead atoms. The molecule has 184 valence electrons. The quantitative estimate of drug-likeness (QED) is 0.285. The summed E-state index contributed by atoms with van der Waals surface area (Å²) >= 11 is 18.7. The predicted molar refractivity (Wildman–Crippen MR) is 140 cm³/mol. The van der Waals surface area contributed by atoms with Gasteiger partial charge in [-0.25, -0.2) is 4.68 Å². The zero-order valence-corrected chi connectivity index (χ0v) is 21.6. The van der Waals surface area contributed by atoms with Gasteiger partial charge >= 0.3 is 0 Å². The van der Waals surface area contributed by atoms with Gasteiger partial charge in [0.15, 0.2) is 11.5 Å². The fourth-order valence-electron chi connectivity index (χ4n) is 4.58. The Bertz CT molecular complexity index is 1230. The number of halogens is 3. The van der Waals surface area contributed by atoms with E-state index in [1.807, 2.05) is 12.1 Å². The van der Waals surface area contributed by atoms with Crippen molar-refractivity contribution in [1.82, 2.24) is 15.1 Å². The Morgan fingerprint density at radius 3 is 2.26 bits per heavy atom. The molecule has 0 radical (unpaired) electrons. The topological polar surface area (TPSA) is 90.0 Å². The van der Waals surface area contributed by atoms with Gasteiger partial charge in [-0.3, -0.25) is 9.59 Å². The minimum atomic E-state index is -1.09. The summed E-state index contributed by atoms with van der Waals surface area (Å²) in [5.74, 6) is -0.768. The first-order valence-corrected chi connectivity index (χ1v) is 12.8. The number of aromatic nitrogens is 2. The molecule has 0 saturated heterocycles. The van der Waals surface area contributed by atoms with Crippen LogP contribution >= 0.6 is 34.8 Å². The zero-order valence-electron chi connectivity index (χ0n) is 19.4. The van der Waals surface area contributed by atoms with Crippen LogP contribution in [0.15, 0.2) is 42.5 Å². The predicted octanol–water partition coefficient (Wildman–Crippen LogP) is 6.36. The fraction of sp³-hybridized carbons (Fsp3) is 0.346. The molecule has 1 fully saturated rings. The molecule has 2 aromatic carbocycles. The van der Waals surface area contributed by atoms with E-state index in [0.29, 0.717) is 32.0 Å². The lowest BCUT2D eigenvalue weighted by atomic mass is 9.94. The van der Waals surface area contributed by atoms with E-state index in [0.717, 1.165) is 44.1 Å². The molecule has 35 heavy (non-hydrogen) atoms. The maximum absolute atomic E-state index is 13.3. The third-order valence-electron chi connectivity index (χ3n) is 6.44. The Hall–Kier alpha value is -2.38. The highest BCUT2D eigenvalue weighted by Crippen LogP contribution is 2.33. The molecule has 0 aliphatic heterocycles. The van der Waals surface area contributed by atoms with Crippen molar-refractivity contribution in [3.8, 4) is 16.9 Å². The van der Waals surface area contributed by atoms with Gasteiger partial charge in [-0.2, -0.15) is 5.10 Å². The Labute approximate surface area is 219 Å². The summed E-state index contributed by atoms with van der Waals surface area (Å²) in [6.45, 7) is 1.80. The van der Waals surface area contributed by atoms with Crippen LogP contribution in [-0.4, -0.2) is 27.6 Å². The lowest BCUT2D eigenvalue weighted by Gasteiger charge is -2.18. The van der Waals surface area contributed by atoms with E-state index >= 15 is 0 Å². The van der Waals surface area contributed by atoms with Gasteiger partial charge in [-0.1, -0.05) is 72.6 Å². The number of nitrogens with one attached hydrogen (secondary N) is 1. The summed E-state index contributed by atoms with van der Waals surface area (Å²) in [4.78, 5) is 26.2. The largest absolute Gasteiger partial charge is 0.329 e. The number of amides is 1. The van der Waals surface area contributed by atoms with Crippen molar-refractivity contribution in [2.45, 2.75) is 51.6 Å². The zero-order chi connectivity index (χ0) is 25.1. The van der Waals surface area contributed by atoms with Crippen molar-refractivity contribution in [3.05, 3.63) is 68.8 Å². The molecular weight excluding hydrogens is 507 g/mol. The normalized spacial score (nSPS) is 15.5. The van der Waals surface area contributed by atoms with Gasteiger partial charge < -0.3 is 11.1 Å². The SMILES string of the molecule is Cc1c(C(=O)NC(N)C(=O)C2CCCCCC2)nn(-c2ccc(Cl)cc2Cl)c1-c1ccc(Cl)cc1. The van der Waals surface area contributed by atoms with Crippen molar-refractivity contribution in [3.63, 3.8) is 0 Å². The molecule has 4 rings (SSSR count). The molecule has 6 nitrogen and oxygen atoms in total. The highest BCUT2D eigenvalue weighted by Gasteiger charge is 2.29. The molecule has 1 heterocycles. The van der Waals surface area contributed by atoms with Gasteiger partial charge in [-0.05, 0) is 50.1 Å². The number of hydrogen-bond donors (Lipinski definition) is 2. The number of carbonyl (C=O) groups excluding carboxylic acids is 2. The minimum absolute atomic E-state index is 0.121. The molecule has 9 heteroatoms. The first-order chi connectivity index (χ1) is 16.8. The van der Waals surface area contributed by atoms with Crippen molar-refractivity contribution in [2.75, 3.05) is 0 Å². The van der Waals surface area contributed by atoms with E-state index in [-0.39, 0.29) is 17.4 Å². The molecule has 1 saturated carbocycles. The Balaban J connectivity index is 1.69. The molecule has 0 spiro atoms. The summed E-state index contributed by atoms with van der Waals surface area (Å²) in [7, 11) is 0. The maximum Gasteiger partial charge on any atom is 0.273 e. The van der Waals surface area contributed by atoms with E-state index in [9.17, 15) is 9.59 Å². The molecule has 1 aromatic heterocycles. The third kappa shape index (κ3) is 5.72.